The van der Waals surface area contributed by atoms with E-state index in [0.29, 0.717) is 11.1 Å². The molecule has 0 saturated carbocycles. The lowest BCUT2D eigenvalue weighted by Gasteiger charge is -2.13. The first kappa shape index (κ1) is 10.8. The lowest BCUT2D eigenvalue weighted by Crippen LogP contribution is -2.10. The maximum Gasteiger partial charge on any atom is 0.270 e. The van der Waals surface area contributed by atoms with E-state index in [-0.39, 0.29) is 11.3 Å². The molecule has 0 aliphatic rings. The van der Waals surface area contributed by atoms with Gasteiger partial charge in [0.15, 0.2) is 5.78 Å². The van der Waals surface area contributed by atoms with Crippen molar-refractivity contribution in [1.82, 2.24) is 0 Å². The molecule has 3 heteroatoms. The third-order valence-electron chi connectivity index (χ3n) is 2.11. The van der Waals surface area contributed by atoms with Crippen LogP contribution in [0.3, 0.4) is 0 Å². The molecule has 14 heavy (non-hydrogen) atoms. The second-order valence-electron chi connectivity index (χ2n) is 3.47. The van der Waals surface area contributed by atoms with Crippen LogP contribution < -0.4 is 0 Å². The number of carbonyl (C=O) groups is 1. The molecule has 0 aliphatic carbocycles. The summed E-state index contributed by atoms with van der Waals surface area (Å²) in [4.78, 5) is 11.0. The van der Waals surface area contributed by atoms with Crippen molar-refractivity contribution in [3.8, 4) is 0 Å². The Kier molecular flexibility index (Phi) is 2.69. The summed E-state index contributed by atoms with van der Waals surface area (Å²) in [5, 5.41) is 0. The maximum absolute atomic E-state index is 13.0. The Balaban J connectivity index is 3.21. The first-order valence-corrected chi connectivity index (χ1v) is 4.32. The van der Waals surface area contributed by atoms with E-state index in [4.69, 9.17) is 0 Å². The van der Waals surface area contributed by atoms with Crippen LogP contribution in [0.4, 0.5) is 8.78 Å². The zero-order chi connectivity index (χ0) is 10.9. The van der Waals surface area contributed by atoms with Crippen molar-refractivity contribution < 1.29 is 13.6 Å². The summed E-state index contributed by atoms with van der Waals surface area (Å²) in [6, 6.07) is 4.24. The van der Waals surface area contributed by atoms with Crippen LogP contribution in [0.25, 0.3) is 0 Å². The lowest BCUT2D eigenvalue weighted by molar-refractivity contribution is 0.0168. The Morgan fingerprint density at radius 1 is 1.36 bits per heavy atom. The van der Waals surface area contributed by atoms with Gasteiger partial charge < -0.3 is 0 Å². The molecule has 0 unspecified atom stereocenters. The topological polar surface area (TPSA) is 17.1 Å². The monoisotopic (exact) mass is 198 g/mol. The van der Waals surface area contributed by atoms with E-state index < -0.39 is 5.92 Å². The summed E-state index contributed by atoms with van der Waals surface area (Å²) in [7, 11) is 0. The Morgan fingerprint density at radius 2 is 1.93 bits per heavy atom. The highest BCUT2D eigenvalue weighted by Gasteiger charge is 2.26. The van der Waals surface area contributed by atoms with Crippen LogP contribution in [-0.4, -0.2) is 5.78 Å². The molecule has 1 aromatic carbocycles. The fraction of sp³-hybridized carbons (Fsp3) is 0.364. The van der Waals surface area contributed by atoms with Crippen molar-refractivity contribution in [2.75, 3.05) is 0 Å². The summed E-state index contributed by atoms with van der Waals surface area (Å²) in [5.41, 5.74) is 0.892. The van der Waals surface area contributed by atoms with Crippen LogP contribution in [0.1, 0.15) is 35.3 Å². The summed E-state index contributed by atoms with van der Waals surface area (Å²) < 4.78 is 25.9. The molecule has 0 aromatic heterocycles. The number of alkyl halides is 2. The second kappa shape index (κ2) is 3.48. The van der Waals surface area contributed by atoms with Gasteiger partial charge in [0.2, 0.25) is 0 Å². The van der Waals surface area contributed by atoms with Gasteiger partial charge in [-0.25, -0.2) is 8.78 Å². The Labute approximate surface area is 81.7 Å². The first-order valence-electron chi connectivity index (χ1n) is 4.32. The van der Waals surface area contributed by atoms with Crippen LogP contribution in [0.2, 0.25) is 0 Å². The van der Waals surface area contributed by atoms with Gasteiger partial charge in [0.25, 0.3) is 5.92 Å². The molecular formula is C11H12F2O. The zero-order valence-corrected chi connectivity index (χ0v) is 8.40. The largest absolute Gasteiger partial charge is 0.295 e. The van der Waals surface area contributed by atoms with Crippen LogP contribution in [-0.2, 0) is 5.92 Å². The molecule has 0 N–H and O–H groups in total. The van der Waals surface area contributed by atoms with Gasteiger partial charge in [0.1, 0.15) is 0 Å². The van der Waals surface area contributed by atoms with Crippen LogP contribution >= 0.6 is 0 Å². The van der Waals surface area contributed by atoms with Crippen molar-refractivity contribution in [1.29, 1.82) is 0 Å². The number of ketones is 1. The van der Waals surface area contributed by atoms with Crippen molar-refractivity contribution in [3.05, 3.63) is 34.9 Å². The quantitative estimate of drug-likeness (QED) is 0.666. The predicted molar refractivity (Wildman–Crippen MR) is 50.8 cm³/mol. The van der Waals surface area contributed by atoms with Gasteiger partial charge >= 0.3 is 0 Å². The number of benzene rings is 1. The third kappa shape index (κ3) is 2.16. The van der Waals surface area contributed by atoms with Crippen molar-refractivity contribution in [3.63, 3.8) is 0 Å². The molecule has 1 aromatic rings. The highest BCUT2D eigenvalue weighted by atomic mass is 19.3. The molecule has 0 heterocycles. The fourth-order valence-corrected chi connectivity index (χ4v) is 1.38. The third-order valence-corrected chi connectivity index (χ3v) is 2.11. The summed E-state index contributed by atoms with van der Waals surface area (Å²) in [5.74, 6) is -2.96. The number of hydrogen-bond acceptors (Lipinski definition) is 1. The highest BCUT2D eigenvalue weighted by Crippen LogP contribution is 2.29. The summed E-state index contributed by atoms with van der Waals surface area (Å²) >= 11 is 0. The highest BCUT2D eigenvalue weighted by molar-refractivity contribution is 5.94. The average Bonchev–Trinajstić information content (AvgIpc) is 2.01. The minimum atomic E-state index is -2.85. The van der Waals surface area contributed by atoms with E-state index >= 15 is 0 Å². The Morgan fingerprint density at radius 3 is 2.29 bits per heavy atom. The van der Waals surface area contributed by atoms with Gasteiger partial charge in [-0.15, -0.1) is 0 Å². The normalized spacial score (nSPS) is 11.5. The number of hydrogen-bond donors (Lipinski definition) is 0. The average molecular weight is 198 g/mol. The number of aryl methyl sites for hydroxylation is 1. The number of halogens is 2. The molecule has 0 spiro atoms. The molecule has 0 bridgehead atoms. The van der Waals surface area contributed by atoms with Gasteiger partial charge in [-0.1, -0.05) is 12.1 Å². The van der Waals surface area contributed by atoms with E-state index in [1.807, 2.05) is 0 Å². The fourth-order valence-electron chi connectivity index (χ4n) is 1.38. The summed E-state index contributed by atoms with van der Waals surface area (Å²) in [6.45, 7) is 3.85. The lowest BCUT2D eigenvalue weighted by atomic mass is 9.99. The van der Waals surface area contributed by atoms with E-state index in [1.165, 1.54) is 25.1 Å². The van der Waals surface area contributed by atoms with E-state index in [0.717, 1.165) is 6.92 Å². The van der Waals surface area contributed by atoms with Crippen molar-refractivity contribution >= 4 is 5.78 Å². The smallest absolute Gasteiger partial charge is 0.270 e. The van der Waals surface area contributed by atoms with Gasteiger partial charge in [0, 0.05) is 18.1 Å². The Hall–Kier alpha value is -1.25. The van der Waals surface area contributed by atoms with Gasteiger partial charge in [-0.2, -0.15) is 0 Å². The number of Topliss-reactive ketones (excluding diaryl/α,β-unsaturated/α-hetero) is 1. The minimum absolute atomic E-state index is 0.0255. The standard InChI is InChI=1S/C11H12F2O/c1-7-6-9(8(2)14)4-5-10(7)11(3,12)13/h4-6H,1-3H3. The van der Waals surface area contributed by atoms with Crippen molar-refractivity contribution in [2.45, 2.75) is 26.7 Å². The molecule has 1 rings (SSSR count). The minimum Gasteiger partial charge on any atom is -0.295 e. The molecule has 76 valence electrons. The van der Waals surface area contributed by atoms with Gasteiger partial charge in [0.05, 0.1) is 0 Å². The van der Waals surface area contributed by atoms with Crippen LogP contribution in [0.15, 0.2) is 18.2 Å². The van der Waals surface area contributed by atoms with Gasteiger partial charge in [-0.3, -0.25) is 4.79 Å². The SMILES string of the molecule is CC(=O)c1ccc(C(C)(F)F)c(C)c1. The van der Waals surface area contributed by atoms with E-state index in [1.54, 1.807) is 6.92 Å². The molecule has 0 fully saturated rings. The molecular weight excluding hydrogens is 186 g/mol. The van der Waals surface area contributed by atoms with E-state index in [9.17, 15) is 13.6 Å². The van der Waals surface area contributed by atoms with Crippen LogP contribution in [0, 0.1) is 6.92 Å². The molecule has 0 amide bonds. The molecule has 0 aliphatic heterocycles. The number of carbonyl (C=O) groups excluding carboxylic acids is 1. The first-order chi connectivity index (χ1) is 6.32. The second-order valence-corrected chi connectivity index (χ2v) is 3.47. The molecule has 0 atom stereocenters. The van der Waals surface area contributed by atoms with Crippen molar-refractivity contribution in [2.24, 2.45) is 0 Å². The maximum atomic E-state index is 13.0. The zero-order valence-electron chi connectivity index (χ0n) is 8.40. The molecule has 0 saturated heterocycles. The number of rotatable bonds is 2. The predicted octanol–water partition coefficient (Wildman–Crippen LogP) is 3.31. The van der Waals surface area contributed by atoms with Gasteiger partial charge in [-0.05, 0) is 25.5 Å². The molecule has 0 radical (unpaired) electrons. The molecule has 1 nitrogen and oxygen atoms in total. The van der Waals surface area contributed by atoms with E-state index in [2.05, 4.69) is 0 Å². The van der Waals surface area contributed by atoms with Crippen LogP contribution in [0.5, 0.6) is 0 Å². The summed E-state index contributed by atoms with van der Waals surface area (Å²) in [6.07, 6.45) is 0. The Bertz CT molecular complexity index is 364.